The number of methoxy groups -OCH3 is 2. The molecule has 0 saturated heterocycles. The van der Waals surface area contributed by atoms with Crippen molar-refractivity contribution in [2.24, 2.45) is 0 Å². The molecule has 0 aliphatic heterocycles. The van der Waals surface area contributed by atoms with Crippen molar-refractivity contribution in [1.82, 2.24) is 4.72 Å². The maximum Gasteiger partial charge on any atom is 0.255 e. The molecule has 3 aromatic rings. The fourth-order valence-electron chi connectivity index (χ4n) is 3.15. The van der Waals surface area contributed by atoms with E-state index in [-0.39, 0.29) is 16.2 Å². The number of hydrogen-bond acceptors (Lipinski definition) is 5. The van der Waals surface area contributed by atoms with Crippen LogP contribution in [0.4, 0.5) is 5.69 Å². The average Bonchev–Trinajstić information content (AvgIpc) is 2.79. The molecule has 0 radical (unpaired) electrons. The SMILES string of the molecule is CNS(=O)(=O)c1cc(C(=O)Nc2ccc(OC)c(Cc3ccccc3)c2)ccc1OC. The van der Waals surface area contributed by atoms with Gasteiger partial charge < -0.3 is 14.8 Å². The topological polar surface area (TPSA) is 93.7 Å². The molecule has 3 aromatic carbocycles. The smallest absolute Gasteiger partial charge is 0.255 e. The predicted molar refractivity (Wildman–Crippen MR) is 119 cm³/mol. The highest BCUT2D eigenvalue weighted by Crippen LogP contribution is 2.27. The second-order valence-corrected chi connectivity index (χ2v) is 8.57. The molecule has 0 heterocycles. The number of rotatable bonds is 8. The van der Waals surface area contributed by atoms with Crippen LogP contribution in [0, 0.1) is 0 Å². The lowest BCUT2D eigenvalue weighted by Crippen LogP contribution is -2.20. The Balaban J connectivity index is 1.88. The maximum atomic E-state index is 12.8. The highest BCUT2D eigenvalue weighted by molar-refractivity contribution is 7.89. The first-order valence-electron chi connectivity index (χ1n) is 9.51. The fraction of sp³-hybridized carbons (Fsp3) is 0.174. The number of anilines is 1. The van der Waals surface area contributed by atoms with Gasteiger partial charge in [-0.1, -0.05) is 30.3 Å². The second kappa shape index (κ2) is 9.63. The molecule has 7 nitrogen and oxygen atoms in total. The largest absolute Gasteiger partial charge is 0.496 e. The van der Waals surface area contributed by atoms with Gasteiger partial charge in [0.05, 0.1) is 14.2 Å². The summed E-state index contributed by atoms with van der Waals surface area (Å²) in [6.45, 7) is 0. The Morgan fingerprint density at radius 3 is 2.23 bits per heavy atom. The van der Waals surface area contributed by atoms with Gasteiger partial charge >= 0.3 is 0 Å². The van der Waals surface area contributed by atoms with Gasteiger partial charge in [-0.15, -0.1) is 0 Å². The Hall–Kier alpha value is -3.36. The standard InChI is InChI=1S/C23H24N2O5S/c1-24-31(27,28)22-15-17(9-11-21(22)30-3)23(26)25-19-10-12-20(29-2)18(14-19)13-16-7-5-4-6-8-16/h4-12,14-15,24H,13H2,1-3H3,(H,25,26). The Labute approximate surface area is 182 Å². The third-order valence-electron chi connectivity index (χ3n) is 4.76. The van der Waals surface area contributed by atoms with E-state index >= 15 is 0 Å². The molecule has 0 unspecified atom stereocenters. The molecular formula is C23H24N2O5S. The molecule has 3 rings (SSSR count). The molecule has 0 saturated carbocycles. The fourth-order valence-corrected chi connectivity index (χ4v) is 4.07. The summed E-state index contributed by atoms with van der Waals surface area (Å²) in [6, 6.07) is 19.5. The number of ether oxygens (including phenoxy) is 2. The molecule has 0 aliphatic carbocycles. The molecule has 1 amide bonds. The van der Waals surface area contributed by atoms with E-state index in [1.54, 1.807) is 19.2 Å². The van der Waals surface area contributed by atoms with Crippen molar-refractivity contribution in [3.05, 3.63) is 83.4 Å². The van der Waals surface area contributed by atoms with Crippen LogP contribution in [-0.4, -0.2) is 35.6 Å². The molecular weight excluding hydrogens is 416 g/mol. The first-order chi connectivity index (χ1) is 14.9. The van der Waals surface area contributed by atoms with E-state index in [9.17, 15) is 13.2 Å². The van der Waals surface area contributed by atoms with Crippen LogP contribution in [0.1, 0.15) is 21.5 Å². The van der Waals surface area contributed by atoms with Crippen molar-refractivity contribution in [3.63, 3.8) is 0 Å². The first-order valence-corrected chi connectivity index (χ1v) is 11.0. The van der Waals surface area contributed by atoms with Crippen LogP contribution >= 0.6 is 0 Å². The van der Waals surface area contributed by atoms with Gasteiger partial charge in [-0.2, -0.15) is 0 Å². The Morgan fingerprint density at radius 1 is 0.903 bits per heavy atom. The van der Waals surface area contributed by atoms with Crippen LogP contribution in [0.25, 0.3) is 0 Å². The number of carbonyl (C=O) groups excluding carboxylic acids is 1. The van der Waals surface area contributed by atoms with Crippen LogP contribution in [0.5, 0.6) is 11.5 Å². The summed E-state index contributed by atoms with van der Waals surface area (Å²) in [6.07, 6.45) is 0.640. The summed E-state index contributed by atoms with van der Waals surface area (Å²) in [7, 11) is 0.478. The van der Waals surface area contributed by atoms with Crippen LogP contribution in [0.15, 0.2) is 71.6 Å². The molecule has 31 heavy (non-hydrogen) atoms. The normalized spacial score (nSPS) is 11.1. The summed E-state index contributed by atoms with van der Waals surface area (Å²) in [5.74, 6) is 0.431. The van der Waals surface area contributed by atoms with Gasteiger partial charge in [0.2, 0.25) is 10.0 Å². The highest BCUT2D eigenvalue weighted by Gasteiger charge is 2.20. The second-order valence-electron chi connectivity index (χ2n) is 6.72. The van der Waals surface area contributed by atoms with Crippen molar-refractivity contribution in [2.45, 2.75) is 11.3 Å². The number of carbonyl (C=O) groups is 1. The lowest BCUT2D eigenvalue weighted by atomic mass is 10.0. The van der Waals surface area contributed by atoms with E-state index in [1.165, 1.54) is 32.4 Å². The number of amides is 1. The third-order valence-corrected chi connectivity index (χ3v) is 6.20. The highest BCUT2D eigenvalue weighted by atomic mass is 32.2. The van der Waals surface area contributed by atoms with Crippen molar-refractivity contribution in [3.8, 4) is 11.5 Å². The van der Waals surface area contributed by atoms with Gasteiger partial charge in [-0.25, -0.2) is 13.1 Å². The van der Waals surface area contributed by atoms with Gasteiger partial charge in [0.1, 0.15) is 16.4 Å². The minimum Gasteiger partial charge on any atom is -0.496 e. The Kier molecular flexibility index (Phi) is 6.94. The lowest BCUT2D eigenvalue weighted by Gasteiger charge is -2.13. The molecule has 0 bridgehead atoms. The predicted octanol–water partition coefficient (Wildman–Crippen LogP) is 3.46. The molecule has 0 spiro atoms. The molecule has 0 fully saturated rings. The molecule has 0 aliphatic rings. The van der Waals surface area contributed by atoms with Crippen LogP contribution < -0.4 is 19.5 Å². The quantitative estimate of drug-likeness (QED) is 0.560. The van der Waals surface area contributed by atoms with E-state index in [4.69, 9.17) is 9.47 Å². The average molecular weight is 441 g/mol. The van der Waals surface area contributed by atoms with E-state index in [0.29, 0.717) is 17.9 Å². The van der Waals surface area contributed by atoms with Crippen LogP contribution in [0.2, 0.25) is 0 Å². The molecule has 0 atom stereocenters. The summed E-state index contributed by atoms with van der Waals surface area (Å²) < 4.78 is 37.3. The zero-order valence-corrected chi connectivity index (χ0v) is 18.3. The molecule has 162 valence electrons. The van der Waals surface area contributed by atoms with Crippen molar-refractivity contribution < 1.29 is 22.7 Å². The van der Waals surface area contributed by atoms with Crippen LogP contribution in [0.3, 0.4) is 0 Å². The minimum absolute atomic E-state index is 0.107. The lowest BCUT2D eigenvalue weighted by molar-refractivity contribution is 0.102. The molecule has 8 heteroatoms. The number of nitrogens with one attached hydrogen (secondary N) is 2. The molecule has 0 aromatic heterocycles. The Bertz CT molecular complexity index is 1180. The minimum atomic E-state index is -3.79. The number of sulfonamides is 1. The van der Waals surface area contributed by atoms with Gasteiger partial charge in [0.25, 0.3) is 5.91 Å². The summed E-state index contributed by atoms with van der Waals surface area (Å²) >= 11 is 0. The monoisotopic (exact) mass is 440 g/mol. The van der Waals surface area contributed by atoms with Crippen molar-refractivity contribution in [2.75, 3.05) is 26.6 Å². The van der Waals surface area contributed by atoms with E-state index in [1.807, 2.05) is 36.4 Å². The first kappa shape index (κ1) is 22.3. The zero-order valence-electron chi connectivity index (χ0n) is 17.5. The zero-order chi connectivity index (χ0) is 22.4. The van der Waals surface area contributed by atoms with Gasteiger partial charge in [0, 0.05) is 23.2 Å². The van der Waals surface area contributed by atoms with Crippen molar-refractivity contribution >= 4 is 21.6 Å². The third kappa shape index (κ3) is 5.22. The summed E-state index contributed by atoms with van der Waals surface area (Å²) in [5.41, 5.74) is 2.79. The maximum absolute atomic E-state index is 12.8. The number of hydrogen-bond donors (Lipinski definition) is 2. The Morgan fingerprint density at radius 2 is 1.58 bits per heavy atom. The van der Waals surface area contributed by atoms with E-state index in [2.05, 4.69) is 10.0 Å². The van der Waals surface area contributed by atoms with Gasteiger partial charge in [-0.05, 0) is 49.0 Å². The van der Waals surface area contributed by atoms with Crippen LogP contribution in [-0.2, 0) is 16.4 Å². The number of benzene rings is 3. The van der Waals surface area contributed by atoms with E-state index in [0.717, 1.165) is 11.1 Å². The van der Waals surface area contributed by atoms with Gasteiger partial charge in [-0.3, -0.25) is 4.79 Å². The molecule has 2 N–H and O–H groups in total. The van der Waals surface area contributed by atoms with Crippen molar-refractivity contribution in [1.29, 1.82) is 0 Å². The summed E-state index contributed by atoms with van der Waals surface area (Å²) in [4.78, 5) is 12.7. The summed E-state index contributed by atoms with van der Waals surface area (Å²) in [5, 5.41) is 2.82. The van der Waals surface area contributed by atoms with Gasteiger partial charge in [0.15, 0.2) is 0 Å². The van der Waals surface area contributed by atoms with E-state index < -0.39 is 15.9 Å².